The molecule has 1 heterocycles. The molecular weight excluding hydrogens is 252 g/mol. The Hall–Kier alpha value is -2.14. The molecule has 2 rings (SSSR count). The monoisotopic (exact) mass is 272 g/mol. The van der Waals surface area contributed by atoms with E-state index in [4.69, 9.17) is 10.5 Å². The second-order valence-corrected chi connectivity index (χ2v) is 4.46. The fourth-order valence-electron chi connectivity index (χ4n) is 2.00. The minimum atomic E-state index is 0.643. The van der Waals surface area contributed by atoms with E-state index in [0.717, 1.165) is 36.0 Å². The summed E-state index contributed by atoms with van der Waals surface area (Å²) in [6.07, 6.45) is 2.66. The molecular formula is C15H20N4O. The van der Waals surface area contributed by atoms with Crippen LogP contribution < -0.4 is 15.4 Å². The Kier molecular flexibility index (Phi) is 4.90. The van der Waals surface area contributed by atoms with Gasteiger partial charge in [-0.25, -0.2) is 9.97 Å². The van der Waals surface area contributed by atoms with Gasteiger partial charge in [-0.2, -0.15) is 0 Å². The number of methoxy groups -OCH3 is 1. The van der Waals surface area contributed by atoms with Gasteiger partial charge in [0.25, 0.3) is 0 Å². The van der Waals surface area contributed by atoms with Gasteiger partial charge in [0, 0.05) is 24.5 Å². The van der Waals surface area contributed by atoms with E-state index in [2.05, 4.69) is 14.9 Å². The zero-order valence-corrected chi connectivity index (χ0v) is 11.9. The summed E-state index contributed by atoms with van der Waals surface area (Å²) in [5, 5.41) is 0. The minimum Gasteiger partial charge on any atom is -0.497 e. The SMILES string of the molecule is COc1cccc(N(CCCN)c2ccnc(C)n2)c1. The van der Waals surface area contributed by atoms with Crippen LogP contribution in [0.2, 0.25) is 0 Å². The number of anilines is 2. The molecule has 0 spiro atoms. The first kappa shape index (κ1) is 14.3. The molecule has 5 nitrogen and oxygen atoms in total. The van der Waals surface area contributed by atoms with Crippen molar-refractivity contribution < 1.29 is 4.74 Å². The van der Waals surface area contributed by atoms with Crippen molar-refractivity contribution >= 4 is 11.5 Å². The fraction of sp³-hybridized carbons (Fsp3) is 0.333. The molecule has 5 heteroatoms. The molecule has 0 atom stereocenters. The van der Waals surface area contributed by atoms with E-state index >= 15 is 0 Å². The van der Waals surface area contributed by atoms with E-state index < -0.39 is 0 Å². The molecule has 106 valence electrons. The van der Waals surface area contributed by atoms with Crippen molar-refractivity contribution in [2.75, 3.05) is 25.1 Å². The summed E-state index contributed by atoms with van der Waals surface area (Å²) >= 11 is 0. The highest BCUT2D eigenvalue weighted by molar-refractivity contribution is 5.61. The van der Waals surface area contributed by atoms with Crippen LogP contribution in [0.15, 0.2) is 36.5 Å². The van der Waals surface area contributed by atoms with Gasteiger partial charge < -0.3 is 15.4 Å². The number of nitrogens with two attached hydrogens (primary N) is 1. The number of hydrogen-bond donors (Lipinski definition) is 1. The van der Waals surface area contributed by atoms with Crippen LogP contribution in [0, 0.1) is 6.92 Å². The molecule has 0 unspecified atom stereocenters. The molecule has 1 aromatic carbocycles. The van der Waals surface area contributed by atoms with E-state index in [0.29, 0.717) is 6.54 Å². The number of aromatic nitrogens is 2. The van der Waals surface area contributed by atoms with Crippen molar-refractivity contribution in [1.29, 1.82) is 0 Å². The summed E-state index contributed by atoms with van der Waals surface area (Å²) < 4.78 is 5.28. The van der Waals surface area contributed by atoms with Crippen LogP contribution >= 0.6 is 0 Å². The van der Waals surface area contributed by atoms with Gasteiger partial charge >= 0.3 is 0 Å². The lowest BCUT2D eigenvalue weighted by atomic mass is 10.2. The van der Waals surface area contributed by atoms with Gasteiger partial charge in [0.2, 0.25) is 0 Å². The van der Waals surface area contributed by atoms with E-state index in [1.807, 2.05) is 37.3 Å². The summed E-state index contributed by atoms with van der Waals surface area (Å²) in [7, 11) is 1.66. The van der Waals surface area contributed by atoms with Crippen LogP contribution in [-0.4, -0.2) is 30.2 Å². The summed E-state index contributed by atoms with van der Waals surface area (Å²) in [5.41, 5.74) is 6.67. The first-order valence-electron chi connectivity index (χ1n) is 6.66. The normalized spacial score (nSPS) is 10.3. The van der Waals surface area contributed by atoms with Crippen molar-refractivity contribution in [1.82, 2.24) is 9.97 Å². The summed E-state index contributed by atoms with van der Waals surface area (Å²) in [4.78, 5) is 10.8. The molecule has 0 amide bonds. The Morgan fingerprint density at radius 3 is 2.85 bits per heavy atom. The third kappa shape index (κ3) is 3.45. The maximum atomic E-state index is 5.63. The molecule has 0 aliphatic rings. The predicted octanol–water partition coefficient (Wildman–Crippen LogP) is 2.28. The van der Waals surface area contributed by atoms with Gasteiger partial charge in [0.15, 0.2) is 0 Å². The zero-order valence-electron chi connectivity index (χ0n) is 11.9. The largest absolute Gasteiger partial charge is 0.497 e. The van der Waals surface area contributed by atoms with E-state index in [1.54, 1.807) is 13.3 Å². The number of aryl methyl sites for hydroxylation is 1. The van der Waals surface area contributed by atoms with Crippen LogP contribution in [-0.2, 0) is 0 Å². The van der Waals surface area contributed by atoms with Gasteiger partial charge in [-0.05, 0) is 38.1 Å². The summed E-state index contributed by atoms with van der Waals surface area (Å²) in [5.74, 6) is 2.45. The first-order chi connectivity index (χ1) is 9.74. The van der Waals surface area contributed by atoms with Crippen molar-refractivity contribution in [2.24, 2.45) is 5.73 Å². The smallest absolute Gasteiger partial charge is 0.136 e. The van der Waals surface area contributed by atoms with Crippen LogP contribution in [0.3, 0.4) is 0 Å². The quantitative estimate of drug-likeness (QED) is 0.874. The first-order valence-corrected chi connectivity index (χ1v) is 6.66. The molecule has 0 bridgehead atoms. The standard InChI is InChI=1S/C15H20N4O/c1-12-17-9-7-15(18-12)19(10-4-8-16)13-5-3-6-14(11-13)20-2/h3,5-7,9,11H,4,8,10,16H2,1-2H3. The van der Waals surface area contributed by atoms with Crippen molar-refractivity contribution in [2.45, 2.75) is 13.3 Å². The zero-order chi connectivity index (χ0) is 14.4. The van der Waals surface area contributed by atoms with Gasteiger partial charge in [-0.15, -0.1) is 0 Å². The second kappa shape index (κ2) is 6.86. The van der Waals surface area contributed by atoms with Crippen molar-refractivity contribution in [3.63, 3.8) is 0 Å². The van der Waals surface area contributed by atoms with E-state index in [-0.39, 0.29) is 0 Å². The Bertz CT molecular complexity index is 559. The molecule has 0 radical (unpaired) electrons. The topological polar surface area (TPSA) is 64.3 Å². The molecule has 0 fully saturated rings. The maximum absolute atomic E-state index is 5.63. The Labute approximate surface area is 119 Å². The third-order valence-electron chi connectivity index (χ3n) is 2.99. The van der Waals surface area contributed by atoms with Crippen LogP contribution in [0.5, 0.6) is 5.75 Å². The number of rotatable bonds is 6. The highest BCUT2D eigenvalue weighted by atomic mass is 16.5. The average Bonchev–Trinajstić information content (AvgIpc) is 2.48. The molecule has 0 aliphatic carbocycles. The van der Waals surface area contributed by atoms with E-state index in [1.165, 1.54) is 0 Å². The fourth-order valence-corrected chi connectivity index (χ4v) is 2.00. The number of hydrogen-bond acceptors (Lipinski definition) is 5. The lowest BCUT2D eigenvalue weighted by Crippen LogP contribution is -2.22. The Balaban J connectivity index is 2.35. The van der Waals surface area contributed by atoms with Crippen molar-refractivity contribution in [3.8, 4) is 5.75 Å². The molecule has 0 saturated heterocycles. The highest BCUT2D eigenvalue weighted by Crippen LogP contribution is 2.27. The highest BCUT2D eigenvalue weighted by Gasteiger charge is 2.11. The van der Waals surface area contributed by atoms with Gasteiger partial charge in [0.05, 0.1) is 7.11 Å². The molecule has 2 aromatic rings. The van der Waals surface area contributed by atoms with Crippen LogP contribution in [0.4, 0.5) is 11.5 Å². The number of nitrogens with zero attached hydrogens (tertiary/aromatic N) is 3. The third-order valence-corrected chi connectivity index (χ3v) is 2.99. The summed E-state index contributed by atoms with van der Waals surface area (Å²) in [6, 6.07) is 9.83. The van der Waals surface area contributed by atoms with Gasteiger partial charge in [0.1, 0.15) is 17.4 Å². The Morgan fingerprint density at radius 1 is 1.30 bits per heavy atom. The number of ether oxygens (including phenoxy) is 1. The van der Waals surface area contributed by atoms with Gasteiger partial charge in [-0.1, -0.05) is 6.07 Å². The minimum absolute atomic E-state index is 0.643. The molecule has 0 saturated carbocycles. The summed E-state index contributed by atoms with van der Waals surface area (Å²) in [6.45, 7) is 3.33. The van der Waals surface area contributed by atoms with Crippen LogP contribution in [0.25, 0.3) is 0 Å². The number of benzene rings is 1. The molecule has 0 aliphatic heterocycles. The van der Waals surface area contributed by atoms with Crippen molar-refractivity contribution in [3.05, 3.63) is 42.4 Å². The lowest BCUT2D eigenvalue weighted by molar-refractivity contribution is 0.415. The van der Waals surface area contributed by atoms with E-state index in [9.17, 15) is 0 Å². The molecule has 20 heavy (non-hydrogen) atoms. The molecule has 1 aromatic heterocycles. The lowest BCUT2D eigenvalue weighted by Gasteiger charge is -2.24. The van der Waals surface area contributed by atoms with Gasteiger partial charge in [-0.3, -0.25) is 0 Å². The predicted molar refractivity (Wildman–Crippen MR) is 80.4 cm³/mol. The maximum Gasteiger partial charge on any atom is 0.136 e. The molecule has 2 N–H and O–H groups in total. The average molecular weight is 272 g/mol. The van der Waals surface area contributed by atoms with Crippen LogP contribution in [0.1, 0.15) is 12.2 Å². The Morgan fingerprint density at radius 2 is 2.15 bits per heavy atom. The second-order valence-electron chi connectivity index (χ2n) is 4.46.